The van der Waals surface area contributed by atoms with Gasteiger partial charge in [-0.15, -0.1) is 0 Å². The Balaban J connectivity index is 2.56. The summed E-state index contributed by atoms with van der Waals surface area (Å²) in [6.07, 6.45) is 0. The average Bonchev–Trinajstić information content (AvgIpc) is 2.03. The van der Waals surface area contributed by atoms with Gasteiger partial charge in [-0.3, -0.25) is 9.69 Å². The van der Waals surface area contributed by atoms with Crippen LogP contribution in [0.15, 0.2) is 11.1 Å². The third-order valence-corrected chi connectivity index (χ3v) is 2.15. The molecule has 0 aromatic carbocycles. The predicted molar refractivity (Wildman–Crippen MR) is 51.9 cm³/mol. The van der Waals surface area contributed by atoms with Gasteiger partial charge in [0.2, 0.25) is 0 Å². The van der Waals surface area contributed by atoms with Crippen LogP contribution in [0.1, 0.15) is 0 Å². The van der Waals surface area contributed by atoms with E-state index in [1.807, 2.05) is 4.90 Å². The summed E-state index contributed by atoms with van der Waals surface area (Å²) in [6, 6.07) is -0.539. The van der Waals surface area contributed by atoms with Crippen molar-refractivity contribution in [2.75, 3.05) is 26.3 Å². The van der Waals surface area contributed by atoms with Crippen LogP contribution in [0.2, 0.25) is 0 Å². The van der Waals surface area contributed by atoms with Gasteiger partial charge in [0.25, 0.3) is 0 Å². The summed E-state index contributed by atoms with van der Waals surface area (Å²) in [5.41, 5.74) is 0. The lowest BCUT2D eigenvalue weighted by atomic mass is 10.2. The van der Waals surface area contributed by atoms with Crippen molar-refractivity contribution >= 4 is 21.9 Å². The Kier molecular flexibility index (Phi) is 3.90. The number of aliphatic carboxylic acids is 1. The molecule has 1 aliphatic rings. The van der Waals surface area contributed by atoms with Crippen molar-refractivity contribution in [3.05, 3.63) is 11.1 Å². The molecule has 1 atom stereocenters. The summed E-state index contributed by atoms with van der Waals surface area (Å²) in [5, 5.41) is 8.85. The topological polar surface area (TPSA) is 49.8 Å². The second-order valence-corrected chi connectivity index (χ2v) is 4.04. The van der Waals surface area contributed by atoms with E-state index in [2.05, 4.69) is 22.5 Å². The van der Waals surface area contributed by atoms with Crippen molar-refractivity contribution in [1.82, 2.24) is 4.90 Å². The maximum absolute atomic E-state index is 10.8. The minimum atomic E-state index is -0.839. The van der Waals surface area contributed by atoms with Crippen molar-refractivity contribution in [2.24, 2.45) is 0 Å². The number of ether oxygens (including phenoxy) is 1. The molecule has 0 spiro atoms. The molecule has 1 fully saturated rings. The van der Waals surface area contributed by atoms with Crippen LogP contribution in [0.25, 0.3) is 0 Å². The van der Waals surface area contributed by atoms with E-state index in [4.69, 9.17) is 9.84 Å². The number of hydrogen-bond donors (Lipinski definition) is 1. The molecule has 13 heavy (non-hydrogen) atoms. The van der Waals surface area contributed by atoms with Gasteiger partial charge in [0.1, 0.15) is 6.04 Å². The summed E-state index contributed by atoms with van der Waals surface area (Å²) in [7, 11) is 0. The monoisotopic (exact) mass is 249 g/mol. The molecule has 5 heteroatoms. The van der Waals surface area contributed by atoms with Crippen LogP contribution in [-0.4, -0.2) is 48.3 Å². The van der Waals surface area contributed by atoms with Crippen LogP contribution in [0, 0.1) is 0 Å². The molecule has 4 nitrogen and oxygen atoms in total. The molecule has 0 amide bonds. The van der Waals surface area contributed by atoms with Gasteiger partial charge in [-0.2, -0.15) is 0 Å². The Hall–Kier alpha value is -0.390. The maximum Gasteiger partial charge on any atom is 0.323 e. The largest absolute Gasteiger partial charge is 0.480 e. The standard InChI is InChI=1S/C8H12BrNO3/c1-6(9)4-10-2-3-13-5-7(10)8(11)12/h7H,1-5H2,(H,11,12). The second kappa shape index (κ2) is 4.74. The molecule has 1 N–H and O–H groups in total. The van der Waals surface area contributed by atoms with E-state index < -0.39 is 12.0 Å². The summed E-state index contributed by atoms with van der Waals surface area (Å²) in [5.74, 6) is -0.839. The minimum absolute atomic E-state index is 0.260. The highest BCUT2D eigenvalue weighted by Gasteiger charge is 2.28. The lowest BCUT2D eigenvalue weighted by Crippen LogP contribution is -2.50. The SMILES string of the molecule is C=C(Br)CN1CCOCC1C(=O)O. The summed E-state index contributed by atoms with van der Waals surface area (Å²) in [4.78, 5) is 12.6. The average molecular weight is 250 g/mol. The number of hydrogen-bond acceptors (Lipinski definition) is 3. The first-order chi connectivity index (χ1) is 6.11. The molecule has 0 saturated carbocycles. The van der Waals surface area contributed by atoms with Gasteiger partial charge in [-0.1, -0.05) is 22.5 Å². The third-order valence-electron chi connectivity index (χ3n) is 1.90. The van der Waals surface area contributed by atoms with Gasteiger partial charge in [0.15, 0.2) is 0 Å². The Labute approximate surface area is 85.3 Å². The second-order valence-electron chi connectivity index (χ2n) is 2.92. The number of nitrogens with zero attached hydrogens (tertiary/aromatic N) is 1. The van der Waals surface area contributed by atoms with Gasteiger partial charge in [0.05, 0.1) is 13.2 Å². The molecule has 1 rings (SSSR count). The van der Waals surface area contributed by atoms with Gasteiger partial charge in [-0.05, 0) is 0 Å². The highest BCUT2D eigenvalue weighted by Crippen LogP contribution is 2.11. The summed E-state index contributed by atoms with van der Waals surface area (Å²) >= 11 is 3.22. The molecule has 1 aliphatic heterocycles. The molecule has 1 heterocycles. The molecule has 1 saturated heterocycles. The fourth-order valence-corrected chi connectivity index (χ4v) is 1.60. The molecule has 0 aromatic rings. The van der Waals surface area contributed by atoms with Crippen LogP contribution in [0.5, 0.6) is 0 Å². The van der Waals surface area contributed by atoms with E-state index in [0.717, 1.165) is 4.48 Å². The molecule has 0 bridgehead atoms. The number of carbonyl (C=O) groups is 1. The number of carboxylic acid groups (broad SMARTS) is 1. The Morgan fingerprint density at radius 2 is 2.46 bits per heavy atom. The summed E-state index contributed by atoms with van der Waals surface area (Å²) in [6.45, 7) is 5.73. The van der Waals surface area contributed by atoms with Gasteiger partial charge < -0.3 is 9.84 Å². The number of morpholine rings is 1. The Morgan fingerprint density at radius 1 is 1.77 bits per heavy atom. The van der Waals surface area contributed by atoms with Crippen LogP contribution in [-0.2, 0) is 9.53 Å². The fourth-order valence-electron chi connectivity index (χ4n) is 1.28. The van der Waals surface area contributed by atoms with E-state index >= 15 is 0 Å². The van der Waals surface area contributed by atoms with E-state index in [9.17, 15) is 4.79 Å². The zero-order valence-electron chi connectivity index (χ0n) is 7.20. The number of rotatable bonds is 3. The van der Waals surface area contributed by atoms with Crippen LogP contribution in [0.3, 0.4) is 0 Å². The van der Waals surface area contributed by atoms with Gasteiger partial charge in [0, 0.05) is 17.6 Å². The smallest absolute Gasteiger partial charge is 0.323 e. The molecule has 74 valence electrons. The highest BCUT2D eigenvalue weighted by atomic mass is 79.9. The van der Waals surface area contributed by atoms with E-state index in [1.54, 1.807) is 0 Å². The Bertz CT molecular complexity index is 219. The maximum atomic E-state index is 10.8. The van der Waals surface area contributed by atoms with Gasteiger partial charge in [-0.25, -0.2) is 0 Å². The first kappa shape index (κ1) is 10.7. The fraction of sp³-hybridized carbons (Fsp3) is 0.625. The van der Waals surface area contributed by atoms with E-state index in [0.29, 0.717) is 19.7 Å². The predicted octanol–water partition coefficient (Wildman–Crippen LogP) is 0.680. The van der Waals surface area contributed by atoms with E-state index in [-0.39, 0.29) is 6.61 Å². The lowest BCUT2D eigenvalue weighted by molar-refractivity contribution is -0.149. The van der Waals surface area contributed by atoms with Crippen molar-refractivity contribution in [3.8, 4) is 0 Å². The highest BCUT2D eigenvalue weighted by molar-refractivity contribution is 9.11. The molecule has 0 aliphatic carbocycles. The number of halogens is 1. The molecular formula is C8H12BrNO3. The molecule has 0 aromatic heterocycles. The third kappa shape index (κ3) is 3.10. The molecular weight excluding hydrogens is 238 g/mol. The van der Waals surface area contributed by atoms with Crippen LogP contribution in [0.4, 0.5) is 0 Å². The summed E-state index contributed by atoms with van der Waals surface area (Å²) < 4.78 is 5.88. The molecule has 1 unspecified atom stereocenters. The van der Waals surface area contributed by atoms with E-state index in [1.165, 1.54) is 0 Å². The van der Waals surface area contributed by atoms with Crippen molar-refractivity contribution in [1.29, 1.82) is 0 Å². The first-order valence-corrected chi connectivity index (χ1v) is 4.78. The van der Waals surface area contributed by atoms with Crippen molar-refractivity contribution in [3.63, 3.8) is 0 Å². The quantitative estimate of drug-likeness (QED) is 0.800. The van der Waals surface area contributed by atoms with Crippen molar-refractivity contribution < 1.29 is 14.6 Å². The molecule has 0 radical (unpaired) electrons. The lowest BCUT2D eigenvalue weighted by Gasteiger charge is -2.32. The minimum Gasteiger partial charge on any atom is -0.480 e. The zero-order chi connectivity index (χ0) is 9.84. The number of carboxylic acids is 1. The zero-order valence-corrected chi connectivity index (χ0v) is 8.79. The van der Waals surface area contributed by atoms with Gasteiger partial charge >= 0.3 is 5.97 Å². The first-order valence-electron chi connectivity index (χ1n) is 3.99. The normalized spacial score (nSPS) is 24.2. The van der Waals surface area contributed by atoms with Crippen LogP contribution < -0.4 is 0 Å². The Morgan fingerprint density at radius 3 is 3.00 bits per heavy atom. The van der Waals surface area contributed by atoms with Crippen LogP contribution >= 0.6 is 15.9 Å². The van der Waals surface area contributed by atoms with Crippen molar-refractivity contribution in [2.45, 2.75) is 6.04 Å².